The van der Waals surface area contributed by atoms with Crippen molar-refractivity contribution < 1.29 is 4.74 Å². The van der Waals surface area contributed by atoms with Crippen LogP contribution in [0, 0.1) is 0 Å². The Bertz CT molecular complexity index is 979. The van der Waals surface area contributed by atoms with Crippen LogP contribution >= 0.6 is 0 Å². The van der Waals surface area contributed by atoms with E-state index < -0.39 is 0 Å². The molecule has 0 saturated heterocycles. The molecule has 0 aliphatic heterocycles. The molecule has 5 nitrogen and oxygen atoms in total. The van der Waals surface area contributed by atoms with Gasteiger partial charge in [-0.2, -0.15) is 0 Å². The van der Waals surface area contributed by atoms with Crippen molar-refractivity contribution in [3.63, 3.8) is 0 Å². The standard InChI is InChI=1S/C19H16N4O/c1-24-17-9-3-2-6-15(17)13-23-18(14-7-4-10-20-12-14)22-16-8-5-11-21-19(16)23/h2-12H,13H2,1H3. The molecular formula is C19H16N4O. The van der Waals surface area contributed by atoms with E-state index in [9.17, 15) is 0 Å². The van der Waals surface area contributed by atoms with E-state index in [0.717, 1.165) is 33.9 Å². The highest BCUT2D eigenvalue weighted by atomic mass is 16.5. The number of nitrogens with zero attached hydrogens (tertiary/aromatic N) is 4. The highest BCUT2D eigenvalue weighted by Crippen LogP contribution is 2.26. The zero-order chi connectivity index (χ0) is 16.4. The van der Waals surface area contributed by atoms with Gasteiger partial charge in [0.05, 0.1) is 13.7 Å². The van der Waals surface area contributed by atoms with Crippen LogP contribution in [-0.2, 0) is 6.54 Å². The van der Waals surface area contributed by atoms with Crippen LogP contribution in [-0.4, -0.2) is 26.6 Å². The van der Waals surface area contributed by atoms with Crippen LogP contribution in [0.4, 0.5) is 0 Å². The van der Waals surface area contributed by atoms with E-state index in [4.69, 9.17) is 9.72 Å². The Morgan fingerprint density at radius 3 is 2.71 bits per heavy atom. The molecule has 0 radical (unpaired) electrons. The highest BCUT2D eigenvalue weighted by Gasteiger charge is 2.15. The fourth-order valence-corrected chi connectivity index (χ4v) is 2.83. The van der Waals surface area contributed by atoms with Gasteiger partial charge in [0.2, 0.25) is 0 Å². The summed E-state index contributed by atoms with van der Waals surface area (Å²) in [6.07, 6.45) is 5.37. The van der Waals surface area contributed by atoms with Crippen molar-refractivity contribution in [2.75, 3.05) is 7.11 Å². The first-order valence-corrected chi connectivity index (χ1v) is 7.70. The van der Waals surface area contributed by atoms with Crippen molar-refractivity contribution in [3.05, 3.63) is 72.7 Å². The van der Waals surface area contributed by atoms with Crippen LogP contribution in [0.15, 0.2) is 67.1 Å². The molecule has 0 N–H and O–H groups in total. The number of benzene rings is 1. The minimum absolute atomic E-state index is 0.627. The van der Waals surface area contributed by atoms with Crippen molar-refractivity contribution in [1.82, 2.24) is 19.5 Å². The van der Waals surface area contributed by atoms with Crippen LogP contribution in [0.2, 0.25) is 0 Å². The van der Waals surface area contributed by atoms with E-state index in [0.29, 0.717) is 6.54 Å². The topological polar surface area (TPSA) is 52.8 Å². The van der Waals surface area contributed by atoms with Gasteiger partial charge in [0.25, 0.3) is 0 Å². The van der Waals surface area contributed by atoms with Gasteiger partial charge in [-0.05, 0) is 30.3 Å². The number of ether oxygens (including phenoxy) is 1. The van der Waals surface area contributed by atoms with E-state index in [1.54, 1.807) is 19.5 Å². The lowest BCUT2D eigenvalue weighted by Crippen LogP contribution is -2.04. The van der Waals surface area contributed by atoms with Crippen molar-refractivity contribution in [3.8, 4) is 17.1 Å². The van der Waals surface area contributed by atoms with Crippen LogP contribution < -0.4 is 4.74 Å². The van der Waals surface area contributed by atoms with Gasteiger partial charge in [-0.15, -0.1) is 0 Å². The number of para-hydroxylation sites is 1. The Hall–Kier alpha value is -3.21. The van der Waals surface area contributed by atoms with Crippen LogP contribution in [0.5, 0.6) is 5.75 Å². The zero-order valence-electron chi connectivity index (χ0n) is 13.3. The first-order chi connectivity index (χ1) is 11.9. The molecule has 0 spiro atoms. The van der Waals surface area contributed by atoms with Crippen LogP contribution in [0.3, 0.4) is 0 Å². The summed E-state index contributed by atoms with van der Waals surface area (Å²) in [7, 11) is 1.69. The molecule has 5 heteroatoms. The van der Waals surface area contributed by atoms with Gasteiger partial charge in [0.1, 0.15) is 17.1 Å². The molecule has 0 bridgehead atoms. The summed E-state index contributed by atoms with van der Waals surface area (Å²) in [5, 5.41) is 0. The summed E-state index contributed by atoms with van der Waals surface area (Å²) in [6, 6.07) is 15.8. The van der Waals surface area contributed by atoms with Gasteiger partial charge in [-0.1, -0.05) is 18.2 Å². The fourth-order valence-electron chi connectivity index (χ4n) is 2.83. The molecule has 0 aliphatic rings. The number of aromatic nitrogens is 4. The molecule has 0 fully saturated rings. The Kier molecular flexibility index (Phi) is 3.67. The molecule has 3 aromatic heterocycles. The van der Waals surface area contributed by atoms with E-state index in [2.05, 4.69) is 20.6 Å². The van der Waals surface area contributed by atoms with E-state index >= 15 is 0 Å². The molecule has 0 atom stereocenters. The third-order valence-corrected chi connectivity index (χ3v) is 3.94. The first kappa shape index (κ1) is 14.4. The van der Waals surface area contributed by atoms with Gasteiger partial charge >= 0.3 is 0 Å². The Balaban J connectivity index is 1.90. The molecule has 1 aromatic carbocycles. The van der Waals surface area contributed by atoms with Crippen molar-refractivity contribution >= 4 is 11.2 Å². The summed E-state index contributed by atoms with van der Waals surface area (Å²) >= 11 is 0. The van der Waals surface area contributed by atoms with Crippen molar-refractivity contribution in [2.45, 2.75) is 6.54 Å². The maximum atomic E-state index is 5.49. The summed E-state index contributed by atoms with van der Waals surface area (Å²) < 4.78 is 7.59. The smallest absolute Gasteiger partial charge is 0.160 e. The summed E-state index contributed by atoms with van der Waals surface area (Å²) in [5.74, 6) is 1.70. The molecule has 0 amide bonds. The third-order valence-electron chi connectivity index (χ3n) is 3.94. The molecule has 3 heterocycles. The minimum atomic E-state index is 0.627. The average molecular weight is 316 g/mol. The Morgan fingerprint density at radius 2 is 1.88 bits per heavy atom. The zero-order valence-corrected chi connectivity index (χ0v) is 13.3. The minimum Gasteiger partial charge on any atom is -0.496 e. The SMILES string of the molecule is COc1ccccc1Cn1c(-c2cccnc2)nc2cccnc21. The van der Waals surface area contributed by atoms with Crippen molar-refractivity contribution in [2.24, 2.45) is 0 Å². The van der Waals surface area contributed by atoms with Gasteiger partial charge in [-0.25, -0.2) is 9.97 Å². The molecule has 118 valence electrons. The van der Waals surface area contributed by atoms with E-state index in [1.165, 1.54) is 0 Å². The maximum Gasteiger partial charge on any atom is 0.160 e. The maximum absolute atomic E-state index is 5.49. The molecule has 0 unspecified atom stereocenters. The van der Waals surface area contributed by atoms with Crippen LogP contribution in [0.1, 0.15) is 5.56 Å². The molecule has 0 aliphatic carbocycles. The average Bonchev–Trinajstić information content (AvgIpc) is 3.02. The lowest BCUT2D eigenvalue weighted by atomic mass is 10.2. The van der Waals surface area contributed by atoms with E-state index in [-0.39, 0.29) is 0 Å². The third kappa shape index (κ3) is 2.50. The quantitative estimate of drug-likeness (QED) is 0.578. The summed E-state index contributed by atoms with van der Waals surface area (Å²) in [5.41, 5.74) is 3.76. The Morgan fingerprint density at radius 1 is 1.00 bits per heavy atom. The molecule has 24 heavy (non-hydrogen) atoms. The molecular weight excluding hydrogens is 300 g/mol. The number of fused-ring (bicyclic) bond motifs is 1. The second-order valence-electron chi connectivity index (χ2n) is 5.42. The van der Waals surface area contributed by atoms with Crippen LogP contribution in [0.25, 0.3) is 22.6 Å². The first-order valence-electron chi connectivity index (χ1n) is 7.70. The number of pyridine rings is 2. The number of hydrogen-bond donors (Lipinski definition) is 0. The highest BCUT2D eigenvalue weighted by molar-refractivity contribution is 5.77. The summed E-state index contributed by atoms with van der Waals surface area (Å²) in [6.45, 7) is 0.627. The van der Waals surface area contributed by atoms with Crippen molar-refractivity contribution in [1.29, 1.82) is 0 Å². The largest absolute Gasteiger partial charge is 0.496 e. The predicted octanol–water partition coefficient (Wildman–Crippen LogP) is 3.55. The Labute approximate surface area is 139 Å². The molecule has 4 aromatic rings. The number of imidazole rings is 1. The fraction of sp³-hybridized carbons (Fsp3) is 0.105. The lowest BCUT2D eigenvalue weighted by molar-refractivity contribution is 0.408. The predicted molar refractivity (Wildman–Crippen MR) is 92.9 cm³/mol. The lowest BCUT2D eigenvalue weighted by Gasteiger charge is -2.12. The number of rotatable bonds is 4. The van der Waals surface area contributed by atoms with Gasteiger partial charge < -0.3 is 9.30 Å². The van der Waals surface area contributed by atoms with Gasteiger partial charge in [0, 0.05) is 29.7 Å². The number of methoxy groups -OCH3 is 1. The second-order valence-corrected chi connectivity index (χ2v) is 5.42. The summed E-state index contributed by atoms with van der Waals surface area (Å²) in [4.78, 5) is 13.5. The second kappa shape index (κ2) is 6.12. The normalized spacial score (nSPS) is 10.9. The van der Waals surface area contributed by atoms with Gasteiger partial charge in [-0.3, -0.25) is 4.98 Å². The van der Waals surface area contributed by atoms with Gasteiger partial charge in [0.15, 0.2) is 5.65 Å². The molecule has 0 saturated carbocycles. The molecule has 4 rings (SSSR count). The van der Waals surface area contributed by atoms with E-state index in [1.807, 2.05) is 48.7 Å². The monoisotopic (exact) mass is 316 g/mol. The number of hydrogen-bond acceptors (Lipinski definition) is 4.